The summed E-state index contributed by atoms with van der Waals surface area (Å²) < 4.78 is 5.25. The molecule has 0 spiro atoms. The molecule has 0 aromatic heterocycles. The molecular weight excluding hydrogens is 178 g/mol. The number of carbonyl (C=O) groups is 1. The molecule has 0 amide bonds. The molecule has 0 aliphatic carbocycles. The summed E-state index contributed by atoms with van der Waals surface area (Å²) in [6.45, 7) is 8.59. The van der Waals surface area contributed by atoms with Crippen LogP contribution in [0.2, 0.25) is 0 Å². The van der Waals surface area contributed by atoms with Gasteiger partial charge in [-0.1, -0.05) is 13.8 Å². The molecule has 0 bridgehead atoms. The Morgan fingerprint density at radius 2 is 2.07 bits per heavy atom. The smallest absolute Gasteiger partial charge is 0.136 e. The first-order chi connectivity index (χ1) is 6.74. The first-order valence-electron chi connectivity index (χ1n) is 5.57. The van der Waals surface area contributed by atoms with Gasteiger partial charge in [-0.2, -0.15) is 0 Å². The van der Waals surface area contributed by atoms with Gasteiger partial charge in [0.1, 0.15) is 5.78 Å². The van der Waals surface area contributed by atoms with Crippen LogP contribution in [0.3, 0.4) is 0 Å². The molecule has 0 aromatic carbocycles. The van der Waals surface area contributed by atoms with Crippen LogP contribution in [0.15, 0.2) is 0 Å². The van der Waals surface area contributed by atoms with E-state index < -0.39 is 0 Å². The Morgan fingerprint density at radius 3 is 2.64 bits per heavy atom. The molecule has 3 heteroatoms. The van der Waals surface area contributed by atoms with Gasteiger partial charge in [-0.15, -0.1) is 0 Å². The summed E-state index contributed by atoms with van der Waals surface area (Å²) in [4.78, 5) is 13.9. The van der Waals surface area contributed by atoms with Crippen molar-refractivity contribution in [1.82, 2.24) is 4.90 Å². The quantitative estimate of drug-likeness (QED) is 0.669. The number of morpholine rings is 1. The highest BCUT2D eigenvalue weighted by molar-refractivity contribution is 5.80. The van der Waals surface area contributed by atoms with Gasteiger partial charge >= 0.3 is 0 Å². The van der Waals surface area contributed by atoms with Crippen molar-refractivity contribution < 1.29 is 9.53 Å². The van der Waals surface area contributed by atoms with E-state index in [0.29, 0.717) is 12.2 Å². The lowest BCUT2D eigenvalue weighted by atomic mass is 10.0. The van der Waals surface area contributed by atoms with E-state index >= 15 is 0 Å². The third-order valence-electron chi connectivity index (χ3n) is 2.94. The van der Waals surface area contributed by atoms with Crippen LogP contribution in [-0.4, -0.2) is 43.5 Å². The maximum Gasteiger partial charge on any atom is 0.136 e. The summed E-state index contributed by atoms with van der Waals surface area (Å²) in [6, 6.07) is 0. The number of hydrogen-bond donors (Lipinski definition) is 0. The van der Waals surface area contributed by atoms with Crippen LogP contribution in [0.1, 0.15) is 26.7 Å². The van der Waals surface area contributed by atoms with E-state index in [4.69, 9.17) is 4.74 Å². The largest absolute Gasteiger partial charge is 0.379 e. The van der Waals surface area contributed by atoms with Crippen LogP contribution < -0.4 is 0 Å². The second-order valence-corrected chi connectivity index (χ2v) is 3.98. The molecule has 1 heterocycles. The molecule has 82 valence electrons. The fourth-order valence-electron chi connectivity index (χ4n) is 1.57. The van der Waals surface area contributed by atoms with Crippen molar-refractivity contribution in [3.05, 3.63) is 0 Å². The second-order valence-electron chi connectivity index (χ2n) is 3.98. The Morgan fingerprint density at radius 1 is 1.43 bits per heavy atom. The molecular formula is C11H21NO2. The summed E-state index contributed by atoms with van der Waals surface area (Å²) in [5.41, 5.74) is 0. The summed E-state index contributed by atoms with van der Waals surface area (Å²) in [7, 11) is 0. The first-order valence-corrected chi connectivity index (χ1v) is 5.57. The molecule has 0 radical (unpaired) electrons. The summed E-state index contributed by atoms with van der Waals surface area (Å²) >= 11 is 0. The predicted molar refractivity (Wildman–Crippen MR) is 56.3 cm³/mol. The maximum absolute atomic E-state index is 11.6. The lowest BCUT2D eigenvalue weighted by Gasteiger charge is -2.26. The Balaban J connectivity index is 2.15. The zero-order valence-corrected chi connectivity index (χ0v) is 9.29. The predicted octanol–water partition coefficient (Wildman–Crippen LogP) is 1.32. The van der Waals surface area contributed by atoms with Crippen LogP contribution >= 0.6 is 0 Å². The molecule has 1 rings (SSSR count). The van der Waals surface area contributed by atoms with E-state index in [9.17, 15) is 4.79 Å². The summed E-state index contributed by atoms with van der Waals surface area (Å²) in [6.07, 6.45) is 1.66. The standard InChI is InChI=1S/C11H21NO2/c1-3-10(2)11(13)4-5-12-6-8-14-9-7-12/h10H,3-9H2,1-2H3. The number of ether oxygens (including phenoxy) is 1. The molecule has 1 fully saturated rings. The highest BCUT2D eigenvalue weighted by Crippen LogP contribution is 2.06. The average Bonchev–Trinajstić information content (AvgIpc) is 2.26. The van der Waals surface area contributed by atoms with E-state index in [-0.39, 0.29) is 5.92 Å². The number of rotatable bonds is 5. The van der Waals surface area contributed by atoms with E-state index in [1.54, 1.807) is 0 Å². The highest BCUT2D eigenvalue weighted by atomic mass is 16.5. The minimum Gasteiger partial charge on any atom is -0.379 e. The zero-order valence-electron chi connectivity index (χ0n) is 9.29. The van der Waals surface area contributed by atoms with Gasteiger partial charge in [0.15, 0.2) is 0 Å². The molecule has 1 aliphatic rings. The Bertz CT molecular complexity index is 176. The molecule has 1 saturated heterocycles. The summed E-state index contributed by atoms with van der Waals surface area (Å²) in [5, 5.41) is 0. The van der Waals surface area contributed by atoms with Crippen LogP contribution in [0.25, 0.3) is 0 Å². The van der Waals surface area contributed by atoms with Crippen molar-refractivity contribution in [1.29, 1.82) is 0 Å². The lowest BCUT2D eigenvalue weighted by Crippen LogP contribution is -2.37. The van der Waals surface area contributed by atoms with Crippen molar-refractivity contribution in [2.24, 2.45) is 5.92 Å². The van der Waals surface area contributed by atoms with Gasteiger partial charge in [0, 0.05) is 32.0 Å². The van der Waals surface area contributed by atoms with Crippen LogP contribution in [-0.2, 0) is 9.53 Å². The maximum atomic E-state index is 11.6. The topological polar surface area (TPSA) is 29.5 Å². The van der Waals surface area contributed by atoms with Crippen LogP contribution in [0, 0.1) is 5.92 Å². The average molecular weight is 199 g/mol. The van der Waals surface area contributed by atoms with Crippen molar-refractivity contribution >= 4 is 5.78 Å². The minimum atomic E-state index is 0.232. The molecule has 1 atom stereocenters. The van der Waals surface area contributed by atoms with Gasteiger partial charge in [-0.3, -0.25) is 9.69 Å². The third kappa shape index (κ3) is 3.76. The molecule has 0 saturated carbocycles. The Labute approximate surface area is 86.4 Å². The fraction of sp³-hybridized carbons (Fsp3) is 0.909. The van der Waals surface area contributed by atoms with E-state index in [0.717, 1.165) is 39.3 Å². The molecule has 1 unspecified atom stereocenters. The Kier molecular flexibility index (Phi) is 5.12. The second kappa shape index (κ2) is 6.14. The van der Waals surface area contributed by atoms with Gasteiger partial charge in [-0.25, -0.2) is 0 Å². The number of nitrogens with zero attached hydrogens (tertiary/aromatic N) is 1. The van der Waals surface area contributed by atoms with Gasteiger partial charge in [-0.05, 0) is 6.42 Å². The van der Waals surface area contributed by atoms with Crippen LogP contribution in [0.5, 0.6) is 0 Å². The SMILES string of the molecule is CCC(C)C(=O)CCN1CCOCC1. The van der Waals surface area contributed by atoms with Crippen molar-refractivity contribution in [3.8, 4) is 0 Å². The number of hydrogen-bond acceptors (Lipinski definition) is 3. The number of Topliss-reactive ketones (excluding diaryl/α,β-unsaturated/α-hetero) is 1. The van der Waals surface area contributed by atoms with Gasteiger partial charge in [0.05, 0.1) is 13.2 Å². The number of ketones is 1. The Hall–Kier alpha value is -0.410. The minimum absolute atomic E-state index is 0.232. The zero-order chi connectivity index (χ0) is 10.4. The molecule has 0 N–H and O–H groups in total. The van der Waals surface area contributed by atoms with Gasteiger partial charge < -0.3 is 4.74 Å². The highest BCUT2D eigenvalue weighted by Gasteiger charge is 2.14. The molecule has 1 aliphatic heterocycles. The van der Waals surface area contributed by atoms with Gasteiger partial charge in [0.2, 0.25) is 0 Å². The molecule has 14 heavy (non-hydrogen) atoms. The van der Waals surface area contributed by atoms with Crippen molar-refractivity contribution in [2.75, 3.05) is 32.8 Å². The van der Waals surface area contributed by atoms with Gasteiger partial charge in [0.25, 0.3) is 0 Å². The first kappa shape index (κ1) is 11.7. The van der Waals surface area contributed by atoms with Crippen molar-refractivity contribution in [2.45, 2.75) is 26.7 Å². The molecule has 0 aromatic rings. The van der Waals surface area contributed by atoms with Crippen molar-refractivity contribution in [3.63, 3.8) is 0 Å². The van der Waals surface area contributed by atoms with Crippen LogP contribution in [0.4, 0.5) is 0 Å². The normalized spacial score (nSPS) is 20.7. The lowest BCUT2D eigenvalue weighted by molar-refractivity contribution is -0.123. The van der Waals surface area contributed by atoms with E-state index in [1.807, 2.05) is 6.92 Å². The van der Waals surface area contributed by atoms with E-state index in [1.165, 1.54) is 0 Å². The summed E-state index contributed by atoms with van der Waals surface area (Å²) in [5.74, 6) is 0.634. The number of carbonyl (C=O) groups excluding carboxylic acids is 1. The fourth-order valence-corrected chi connectivity index (χ4v) is 1.57. The van der Waals surface area contributed by atoms with E-state index in [2.05, 4.69) is 11.8 Å². The molecule has 3 nitrogen and oxygen atoms in total. The monoisotopic (exact) mass is 199 g/mol. The third-order valence-corrected chi connectivity index (χ3v) is 2.94.